The van der Waals surface area contributed by atoms with Gasteiger partial charge in [-0.15, -0.1) is 12.4 Å². The first-order valence-corrected chi connectivity index (χ1v) is 3.61. The second-order valence-corrected chi connectivity index (χ2v) is 2.97. The quantitative estimate of drug-likeness (QED) is 0.693. The highest BCUT2D eigenvalue weighted by molar-refractivity contribution is 9.10. The van der Waals surface area contributed by atoms with Gasteiger partial charge in [0.05, 0.1) is 0 Å². The number of rotatable bonds is 0. The zero-order valence-corrected chi connectivity index (χ0v) is 8.30. The average molecular weight is 241 g/mol. The highest BCUT2D eigenvalue weighted by Crippen LogP contribution is 2.23. The van der Waals surface area contributed by atoms with E-state index in [1.807, 2.05) is 0 Å². The Morgan fingerprint density at radius 2 is 2.00 bits per heavy atom. The van der Waals surface area contributed by atoms with Gasteiger partial charge < -0.3 is 5.73 Å². The molecule has 2 N–H and O–H groups in total. The molecule has 0 bridgehead atoms. The highest BCUT2D eigenvalue weighted by Gasteiger charge is 2.00. The minimum Gasteiger partial charge on any atom is -0.398 e. The van der Waals surface area contributed by atoms with E-state index in [4.69, 9.17) is 5.73 Å². The lowest BCUT2D eigenvalue weighted by molar-refractivity contribution is 0.626. The minimum atomic E-state index is -0.265. The van der Waals surface area contributed by atoms with Gasteiger partial charge in [-0.25, -0.2) is 4.39 Å². The van der Waals surface area contributed by atoms with E-state index >= 15 is 0 Å². The van der Waals surface area contributed by atoms with Gasteiger partial charge in [0, 0.05) is 10.2 Å². The summed E-state index contributed by atoms with van der Waals surface area (Å²) in [7, 11) is 0. The molecule has 0 aromatic heterocycles. The van der Waals surface area contributed by atoms with Crippen LogP contribution >= 0.6 is 28.3 Å². The molecular formula is C7H8BrClFN. The Kier molecular flexibility index (Phi) is 3.83. The van der Waals surface area contributed by atoms with Gasteiger partial charge in [-0.1, -0.05) is 0 Å². The van der Waals surface area contributed by atoms with Gasteiger partial charge >= 0.3 is 0 Å². The standard InChI is InChI=1S/C7H7BrFN.ClH/c1-4-2-5(9)3-6(8)7(4)10;/h2-3H,10H2,1H3;1H. The number of hydrogen-bond acceptors (Lipinski definition) is 1. The maximum Gasteiger partial charge on any atom is 0.124 e. The molecule has 0 fully saturated rings. The van der Waals surface area contributed by atoms with Crippen LogP contribution in [0.15, 0.2) is 16.6 Å². The van der Waals surface area contributed by atoms with E-state index in [9.17, 15) is 4.39 Å². The molecule has 1 aromatic rings. The minimum absolute atomic E-state index is 0. The average Bonchev–Trinajstić information content (AvgIpc) is 1.82. The molecule has 0 aliphatic carbocycles. The summed E-state index contributed by atoms with van der Waals surface area (Å²) in [4.78, 5) is 0. The van der Waals surface area contributed by atoms with Gasteiger partial charge in [0.2, 0.25) is 0 Å². The zero-order valence-electron chi connectivity index (χ0n) is 5.90. The molecule has 1 rings (SSSR count). The summed E-state index contributed by atoms with van der Waals surface area (Å²) in [6.07, 6.45) is 0. The lowest BCUT2D eigenvalue weighted by Gasteiger charge is -2.01. The molecule has 1 nitrogen and oxygen atoms in total. The summed E-state index contributed by atoms with van der Waals surface area (Å²) < 4.78 is 13.1. The predicted molar refractivity (Wildman–Crippen MR) is 50.5 cm³/mol. The van der Waals surface area contributed by atoms with Crippen molar-refractivity contribution in [1.82, 2.24) is 0 Å². The smallest absolute Gasteiger partial charge is 0.124 e. The van der Waals surface area contributed by atoms with E-state index in [0.29, 0.717) is 10.2 Å². The van der Waals surface area contributed by atoms with E-state index in [2.05, 4.69) is 15.9 Å². The molecule has 1 aromatic carbocycles. The van der Waals surface area contributed by atoms with Crippen LogP contribution in [0.4, 0.5) is 10.1 Å². The Bertz CT molecular complexity index is 242. The number of nitrogen functional groups attached to an aromatic ring is 1. The van der Waals surface area contributed by atoms with E-state index in [-0.39, 0.29) is 18.2 Å². The van der Waals surface area contributed by atoms with E-state index in [1.54, 1.807) is 6.92 Å². The Balaban J connectivity index is 0.000001000. The van der Waals surface area contributed by atoms with Crippen LogP contribution in [-0.4, -0.2) is 0 Å². The second-order valence-electron chi connectivity index (χ2n) is 2.12. The van der Waals surface area contributed by atoms with Crippen LogP contribution in [0, 0.1) is 12.7 Å². The van der Waals surface area contributed by atoms with Crippen molar-refractivity contribution in [1.29, 1.82) is 0 Å². The number of anilines is 1. The van der Waals surface area contributed by atoms with Crippen molar-refractivity contribution < 1.29 is 4.39 Å². The van der Waals surface area contributed by atoms with Crippen LogP contribution in [0.2, 0.25) is 0 Å². The molecule has 4 heteroatoms. The Labute approximate surface area is 79.3 Å². The van der Waals surface area contributed by atoms with Crippen LogP contribution in [-0.2, 0) is 0 Å². The van der Waals surface area contributed by atoms with Crippen molar-refractivity contribution in [3.05, 3.63) is 28.0 Å². The van der Waals surface area contributed by atoms with Gasteiger partial charge in [-0.3, -0.25) is 0 Å². The molecular weight excluding hydrogens is 232 g/mol. The third-order valence-electron chi connectivity index (χ3n) is 1.30. The highest BCUT2D eigenvalue weighted by atomic mass is 79.9. The second kappa shape index (κ2) is 3.93. The van der Waals surface area contributed by atoms with Crippen molar-refractivity contribution >= 4 is 34.0 Å². The molecule has 62 valence electrons. The summed E-state index contributed by atoms with van der Waals surface area (Å²) in [6, 6.07) is 2.75. The third-order valence-corrected chi connectivity index (χ3v) is 1.96. The van der Waals surface area contributed by atoms with Crippen molar-refractivity contribution in [3.63, 3.8) is 0 Å². The number of benzene rings is 1. The van der Waals surface area contributed by atoms with Crippen LogP contribution in [0.1, 0.15) is 5.56 Å². The lowest BCUT2D eigenvalue weighted by atomic mass is 10.2. The molecule has 0 saturated carbocycles. The van der Waals surface area contributed by atoms with Crippen molar-refractivity contribution in [2.75, 3.05) is 5.73 Å². The molecule has 0 unspecified atom stereocenters. The Morgan fingerprint density at radius 3 is 2.45 bits per heavy atom. The molecule has 0 aliphatic rings. The fourth-order valence-electron chi connectivity index (χ4n) is 0.713. The number of hydrogen-bond donors (Lipinski definition) is 1. The van der Waals surface area contributed by atoms with Crippen LogP contribution in [0.5, 0.6) is 0 Å². The van der Waals surface area contributed by atoms with Crippen LogP contribution < -0.4 is 5.73 Å². The summed E-state index contributed by atoms with van der Waals surface area (Å²) in [6.45, 7) is 1.77. The van der Waals surface area contributed by atoms with Crippen LogP contribution in [0.3, 0.4) is 0 Å². The first-order valence-electron chi connectivity index (χ1n) is 2.82. The van der Waals surface area contributed by atoms with Gasteiger partial charge in [0.15, 0.2) is 0 Å². The van der Waals surface area contributed by atoms with E-state index < -0.39 is 0 Å². The molecule has 0 aliphatic heterocycles. The van der Waals surface area contributed by atoms with Crippen LogP contribution in [0.25, 0.3) is 0 Å². The van der Waals surface area contributed by atoms with Gasteiger partial charge in [-0.2, -0.15) is 0 Å². The molecule has 0 spiro atoms. The first-order chi connectivity index (χ1) is 4.61. The summed E-state index contributed by atoms with van der Waals surface area (Å²) in [5, 5.41) is 0. The SMILES string of the molecule is Cc1cc(F)cc(Br)c1N.Cl. The van der Waals surface area contributed by atoms with Crippen molar-refractivity contribution in [2.45, 2.75) is 6.92 Å². The number of halogens is 3. The summed E-state index contributed by atoms with van der Waals surface area (Å²) >= 11 is 3.13. The predicted octanol–water partition coefficient (Wildman–Crippen LogP) is 2.90. The van der Waals surface area contributed by atoms with Gasteiger partial charge in [0.1, 0.15) is 5.82 Å². The summed E-state index contributed by atoms with van der Waals surface area (Å²) in [5.41, 5.74) is 6.89. The topological polar surface area (TPSA) is 26.0 Å². The van der Waals surface area contributed by atoms with Gasteiger partial charge in [0.25, 0.3) is 0 Å². The Hall–Kier alpha value is -0.280. The van der Waals surface area contributed by atoms with Crippen molar-refractivity contribution in [3.8, 4) is 0 Å². The third kappa shape index (κ3) is 2.34. The fraction of sp³-hybridized carbons (Fsp3) is 0.143. The number of nitrogens with two attached hydrogens (primary N) is 1. The normalized spacial score (nSPS) is 9.00. The molecule has 0 amide bonds. The molecule has 0 saturated heterocycles. The van der Waals surface area contributed by atoms with E-state index in [0.717, 1.165) is 5.56 Å². The molecule has 0 atom stereocenters. The zero-order chi connectivity index (χ0) is 7.72. The van der Waals surface area contributed by atoms with E-state index in [1.165, 1.54) is 12.1 Å². The molecule has 11 heavy (non-hydrogen) atoms. The molecule has 0 heterocycles. The monoisotopic (exact) mass is 239 g/mol. The molecule has 0 radical (unpaired) electrons. The maximum absolute atomic E-state index is 12.5. The summed E-state index contributed by atoms with van der Waals surface area (Å²) in [5.74, 6) is -0.265. The maximum atomic E-state index is 12.5. The lowest BCUT2D eigenvalue weighted by Crippen LogP contribution is -1.91. The van der Waals surface area contributed by atoms with Crippen molar-refractivity contribution in [2.24, 2.45) is 0 Å². The Morgan fingerprint density at radius 1 is 1.45 bits per heavy atom. The number of aryl methyl sites for hydroxylation is 1. The first kappa shape index (κ1) is 10.7. The van der Waals surface area contributed by atoms with Gasteiger partial charge in [-0.05, 0) is 40.5 Å². The fourth-order valence-corrected chi connectivity index (χ4v) is 1.24. The largest absolute Gasteiger partial charge is 0.398 e.